The molecule has 208 valence electrons. The highest BCUT2D eigenvalue weighted by molar-refractivity contribution is 5.71. The van der Waals surface area contributed by atoms with E-state index in [2.05, 4.69) is 13.8 Å². The quantitative estimate of drug-likeness (QED) is 0.0789. The van der Waals surface area contributed by atoms with Gasteiger partial charge in [-0.1, -0.05) is 129 Å². The molecule has 0 aliphatic rings. The van der Waals surface area contributed by atoms with Gasteiger partial charge in [-0.05, 0) is 5.92 Å². The molecule has 0 N–H and O–H groups in total. The molecular weight excluding hydrogens is 438 g/mol. The number of carbonyl (C=O) groups excluding carboxylic acids is 2. The molecule has 0 bridgehead atoms. The monoisotopic (exact) mass is 497 g/mol. The second kappa shape index (κ2) is 22.1. The maximum absolute atomic E-state index is 12.3. The summed E-state index contributed by atoms with van der Waals surface area (Å²) < 4.78 is 6.01. The SMILES string of the molecule is CCCCCCCCCCCCCCCCCCCC(C)CC(=O)OC(CC(=O)[O-])C[N+](C)(C)C. The van der Waals surface area contributed by atoms with Gasteiger partial charge >= 0.3 is 5.97 Å². The van der Waals surface area contributed by atoms with Crippen LogP contribution in [0.2, 0.25) is 0 Å². The molecule has 35 heavy (non-hydrogen) atoms. The van der Waals surface area contributed by atoms with Crippen molar-refractivity contribution in [2.45, 2.75) is 148 Å². The molecule has 0 aliphatic carbocycles. The van der Waals surface area contributed by atoms with E-state index in [1.165, 1.54) is 103 Å². The molecular formula is C30H59NO4. The first kappa shape index (κ1) is 33.9. The Morgan fingerprint density at radius 2 is 1.09 bits per heavy atom. The second-order valence-corrected chi connectivity index (χ2v) is 11.9. The van der Waals surface area contributed by atoms with Crippen LogP contribution < -0.4 is 5.11 Å². The van der Waals surface area contributed by atoms with Crippen LogP contribution in [-0.4, -0.2) is 50.2 Å². The van der Waals surface area contributed by atoms with Crippen molar-refractivity contribution in [3.8, 4) is 0 Å². The number of aliphatic carboxylic acids is 1. The molecule has 0 aromatic heterocycles. The first-order chi connectivity index (χ1) is 16.6. The maximum Gasteiger partial charge on any atom is 0.306 e. The van der Waals surface area contributed by atoms with E-state index in [0.29, 0.717) is 17.4 Å². The Bertz CT molecular complexity index is 515. The predicted octanol–water partition coefficient (Wildman–Crippen LogP) is 6.81. The highest BCUT2D eigenvalue weighted by Gasteiger charge is 2.23. The van der Waals surface area contributed by atoms with Crippen LogP contribution in [0.4, 0.5) is 0 Å². The van der Waals surface area contributed by atoms with Crippen molar-refractivity contribution in [3.63, 3.8) is 0 Å². The van der Waals surface area contributed by atoms with Gasteiger partial charge in [-0.2, -0.15) is 0 Å². The molecule has 5 nitrogen and oxygen atoms in total. The van der Waals surface area contributed by atoms with Crippen molar-refractivity contribution in [2.24, 2.45) is 5.92 Å². The van der Waals surface area contributed by atoms with Gasteiger partial charge in [0.15, 0.2) is 6.10 Å². The van der Waals surface area contributed by atoms with Crippen molar-refractivity contribution >= 4 is 11.9 Å². The van der Waals surface area contributed by atoms with E-state index in [4.69, 9.17) is 4.74 Å². The summed E-state index contributed by atoms with van der Waals surface area (Å²) in [5, 5.41) is 11.0. The third kappa shape index (κ3) is 25.8. The number of unbranched alkanes of at least 4 members (excludes halogenated alkanes) is 16. The molecule has 0 saturated carbocycles. The zero-order chi connectivity index (χ0) is 26.4. The van der Waals surface area contributed by atoms with Gasteiger partial charge in [-0.25, -0.2) is 0 Å². The molecule has 0 heterocycles. The Kier molecular flexibility index (Phi) is 21.4. The van der Waals surface area contributed by atoms with E-state index in [0.717, 1.165) is 12.8 Å². The zero-order valence-corrected chi connectivity index (χ0v) is 24.1. The maximum atomic E-state index is 12.3. The molecule has 0 aromatic carbocycles. The number of carbonyl (C=O) groups is 2. The Balaban J connectivity index is 3.60. The Morgan fingerprint density at radius 3 is 1.46 bits per heavy atom. The van der Waals surface area contributed by atoms with E-state index >= 15 is 0 Å². The summed E-state index contributed by atoms with van der Waals surface area (Å²) >= 11 is 0. The van der Waals surface area contributed by atoms with E-state index in [9.17, 15) is 14.7 Å². The average molecular weight is 498 g/mol. The van der Waals surface area contributed by atoms with Crippen molar-refractivity contribution < 1.29 is 23.9 Å². The number of carboxylic acids is 1. The predicted molar refractivity (Wildman–Crippen MR) is 145 cm³/mol. The van der Waals surface area contributed by atoms with Crippen molar-refractivity contribution in [1.29, 1.82) is 0 Å². The highest BCUT2D eigenvalue weighted by Crippen LogP contribution is 2.18. The van der Waals surface area contributed by atoms with Gasteiger partial charge in [-0.15, -0.1) is 0 Å². The largest absolute Gasteiger partial charge is 0.550 e. The van der Waals surface area contributed by atoms with Crippen LogP contribution in [0.15, 0.2) is 0 Å². The lowest BCUT2D eigenvalue weighted by Crippen LogP contribution is -2.45. The van der Waals surface area contributed by atoms with Gasteiger partial charge in [0, 0.05) is 18.8 Å². The molecule has 0 spiro atoms. The molecule has 0 amide bonds. The fourth-order valence-electron chi connectivity index (χ4n) is 4.78. The van der Waals surface area contributed by atoms with Crippen LogP contribution in [-0.2, 0) is 14.3 Å². The van der Waals surface area contributed by atoms with Gasteiger partial charge in [-0.3, -0.25) is 4.79 Å². The van der Waals surface area contributed by atoms with Crippen molar-refractivity contribution in [3.05, 3.63) is 0 Å². The Hall–Kier alpha value is -1.10. The molecule has 0 fully saturated rings. The Morgan fingerprint density at radius 1 is 0.686 bits per heavy atom. The number of rotatable bonds is 25. The number of esters is 1. The van der Waals surface area contributed by atoms with Crippen LogP contribution in [0, 0.1) is 5.92 Å². The summed E-state index contributed by atoms with van der Waals surface area (Å²) in [6.45, 7) is 4.83. The minimum absolute atomic E-state index is 0.241. The second-order valence-electron chi connectivity index (χ2n) is 11.9. The Labute approximate surface area is 218 Å². The van der Waals surface area contributed by atoms with E-state index in [1.807, 2.05) is 21.1 Å². The molecule has 0 radical (unpaired) electrons. The zero-order valence-electron chi connectivity index (χ0n) is 24.1. The van der Waals surface area contributed by atoms with Crippen LogP contribution in [0.3, 0.4) is 0 Å². The summed E-state index contributed by atoms with van der Waals surface area (Å²) in [5.74, 6) is -1.19. The normalized spacial score (nSPS) is 13.5. The molecule has 2 atom stereocenters. The van der Waals surface area contributed by atoms with Crippen LogP contribution >= 0.6 is 0 Å². The molecule has 5 heteroatoms. The topological polar surface area (TPSA) is 66.4 Å². The summed E-state index contributed by atoms with van der Waals surface area (Å²) in [6.07, 6.45) is 23.8. The third-order valence-electron chi connectivity index (χ3n) is 6.76. The first-order valence-electron chi connectivity index (χ1n) is 14.8. The van der Waals surface area contributed by atoms with Gasteiger partial charge < -0.3 is 19.1 Å². The lowest BCUT2D eigenvalue weighted by molar-refractivity contribution is -0.873. The van der Waals surface area contributed by atoms with Gasteiger partial charge in [0.25, 0.3) is 0 Å². The minimum Gasteiger partial charge on any atom is -0.550 e. The van der Waals surface area contributed by atoms with E-state index < -0.39 is 12.1 Å². The molecule has 2 unspecified atom stereocenters. The number of nitrogens with zero attached hydrogens (tertiary/aromatic N) is 1. The number of hydrogen-bond donors (Lipinski definition) is 0. The molecule has 0 rings (SSSR count). The lowest BCUT2D eigenvalue weighted by Gasteiger charge is -2.29. The highest BCUT2D eigenvalue weighted by atomic mass is 16.5. The third-order valence-corrected chi connectivity index (χ3v) is 6.76. The standard InChI is InChI=1S/C30H59NO4/c1-6-7-8-9-10-11-12-13-14-15-16-17-18-19-20-21-22-23-27(2)24-30(34)35-28(25-29(32)33)26-31(3,4)5/h27-28H,6-26H2,1-5H3. The molecule has 0 saturated heterocycles. The summed E-state index contributed by atoms with van der Waals surface area (Å²) in [5.41, 5.74) is 0. The molecule has 0 aliphatic heterocycles. The smallest absolute Gasteiger partial charge is 0.306 e. The van der Waals surface area contributed by atoms with E-state index in [-0.39, 0.29) is 18.3 Å². The van der Waals surface area contributed by atoms with Gasteiger partial charge in [0.1, 0.15) is 6.54 Å². The number of carboxylic acid groups (broad SMARTS) is 1. The molecule has 0 aromatic rings. The minimum atomic E-state index is -1.17. The summed E-state index contributed by atoms with van der Waals surface area (Å²) in [7, 11) is 5.87. The lowest BCUT2D eigenvalue weighted by atomic mass is 9.98. The summed E-state index contributed by atoms with van der Waals surface area (Å²) in [4.78, 5) is 23.2. The van der Waals surface area contributed by atoms with Crippen LogP contribution in [0.5, 0.6) is 0 Å². The summed E-state index contributed by atoms with van der Waals surface area (Å²) in [6, 6.07) is 0. The fourth-order valence-corrected chi connectivity index (χ4v) is 4.78. The van der Waals surface area contributed by atoms with Crippen LogP contribution in [0.25, 0.3) is 0 Å². The van der Waals surface area contributed by atoms with Crippen molar-refractivity contribution in [2.75, 3.05) is 27.7 Å². The van der Waals surface area contributed by atoms with E-state index in [1.54, 1.807) is 0 Å². The average Bonchev–Trinajstić information content (AvgIpc) is 2.74. The first-order valence-corrected chi connectivity index (χ1v) is 14.8. The number of likely N-dealkylation sites (N-methyl/N-ethyl adjacent to an activating group) is 1. The number of hydrogen-bond acceptors (Lipinski definition) is 4. The van der Waals surface area contributed by atoms with Crippen molar-refractivity contribution in [1.82, 2.24) is 0 Å². The fraction of sp³-hybridized carbons (Fsp3) is 0.933. The number of quaternary nitrogens is 1. The van der Waals surface area contributed by atoms with Gasteiger partial charge in [0.05, 0.1) is 21.1 Å². The number of ether oxygens (including phenoxy) is 1. The van der Waals surface area contributed by atoms with Gasteiger partial charge in [0.2, 0.25) is 0 Å². The van der Waals surface area contributed by atoms with Crippen LogP contribution in [0.1, 0.15) is 142 Å².